The average molecular weight is 324 g/mol. The van der Waals surface area contributed by atoms with Crippen molar-refractivity contribution in [2.45, 2.75) is 43.7 Å². The van der Waals surface area contributed by atoms with E-state index < -0.39 is 15.8 Å². The van der Waals surface area contributed by atoms with E-state index in [1.165, 1.54) is 12.1 Å². The topological polar surface area (TPSA) is 76.9 Å². The lowest BCUT2D eigenvalue weighted by Gasteiger charge is -2.16. The van der Waals surface area contributed by atoms with Gasteiger partial charge in [-0.15, -0.1) is 10.2 Å². The number of nitrogens with one attached hydrogen (secondary N) is 1. The van der Waals surface area contributed by atoms with Crippen LogP contribution in [-0.4, -0.2) is 29.2 Å². The normalized spacial score (nSPS) is 18.7. The fraction of sp³-hybridized carbons (Fsp3) is 0.429. The molecule has 1 atom stereocenters. The van der Waals surface area contributed by atoms with Crippen molar-refractivity contribution < 1.29 is 12.8 Å². The summed E-state index contributed by atoms with van der Waals surface area (Å²) in [5, 5.41) is 7.86. The van der Waals surface area contributed by atoms with E-state index in [-0.39, 0.29) is 10.9 Å². The second kappa shape index (κ2) is 5.77. The summed E-state index contributed by atoms with van der Waals surface area (Å²) in [5.74, 6) is 0.345. The molecule has 118 valence electrons. The number of aromatic nitrogens is 3. The number of hydrogen-bond acceptors (Lipinski definition) is 4. The molecule has 1 unspecified atom stereocenters. The van der Waals surface area contributed by atoms with E-state index in [4.69, 9.17) is 0 Å². The summed E-state index contributed by atoms with van der Waals surface area (Å²) in [5.41, 5.74) is 0.423. The first-order chi connectivity index (χ1) is 10.5. The molecule has 0 bridgehead atoms. The van der Waals surface area contributed by atoms with Gasteiger partial charge in [0.2, 0.25) is 10.0 Å². The number of benzene rings is 1. The molecule has 0 amide bonds. The second-order valence-electron chi connectivity index (χ2n) is 5.50. The summed E-state index contributed by atoms with van der Waals surface area (Å²) < 4.78 is 42.9. The summed E-state index contributed by atoms with van der Waals surface area (Å²) in [6.07, 6.45) is 3.61. The van der Waals surface area contributed by atoms with Crippen LogP contribution in [-0.2, 0) is 23.0 Å². The molecular formula is C14H17FN4O2S. The number of nitrogens with zero attached hydrogens (tertiary/aromatic N) is 3. The SMILES string of the molecule is Cc1ccc(S(=O)(=O)NC2CCc3nncn3CC2)cc1F. The molecule has 0 saturated carbocycles. The van der Waals surface area contributed by atoms with Gasteiger partial charge >= 0.3 is 0 Å². The van der Waals surface area contributed by atoms with Gasteiger partial charge < -0.3 is 4.57 Å². The molecule has 0 aliphatic carbocycles. The molecule has 1 N–H and O–H groups in total. The van der Waals surface area contributed by atoms with Crippen LogP contribution in [0.4, 0.5) is 4.39 Å². The van der Waals surface area contributed by atoms with Crippen LogP contribution in [0.25, 0.3) is 0 Å². The minimum Gasteiger partial charge on any atom is -0.318 e. The summed E-state index contributed by atoms with van der Waals surface area (Å²) >= 11 is 0. The minimum absolute atomic E-state index is 0.0424. The van der Waals surface area contributed by atoms with Crippen molar-refractivity contribution in [3.05, 3.63) is 41.7 Å². The molecule has 0 spiro atoms. The average Bonchev–Trinajstić information content (AvgIpc) is 2.84. The first-order valence-electron chi connectivity index (χ1n) is 7.11. The molecule has 2 heterocycles. The van der Waals surface area contributed by atoms with Gasteiger partial charge in [-0.2, -0.15) is 0 Å². The molecule has 0 radical (unpaired) electrons. The van der Waals surface area contributed by atoms with Crippen molar-refractivity contribution in [2.24, 2.45) is 0 Å². The highest BCUT2D eigenvalue weighted by Crippen LogP contribution is 2.18. The van der Waals surface area contributed by atoms with Crippen LogP contribution in [0.15, 0.2) is 29.4 Å². The van der Waals surface area contributed by atoms with Crippen LogP contribution in [0.1, 0.15) is 24.2 Å². The first-order valence-corrected chi connectivity index (χ1v) is 8.59. The van der Waals surface area contributed by atoms with E-state index in [0.717, 1.165) is 11.9 Å². The third-order valence-corrected chi connectivity index (χ3v) is 5.42. The van der Waals surface area contributed by atoms with Crippen LogP contribution in [0.3, 0.4) is 0 Å². The van der Waals surface area contributed by atoms with Gasteiger partial charge in [-0.25, -0.2) is 17.5 Å². The highest BCUT2D eigenvalue weighted by molar-refractivity contribution is 7.89. The predicted molar refractivity (Wildman–Crippen MR) is 78.2 cm³/mol. The summed E-state index contributed by atoms with van der Waals surface area (Å²) in [7, 11) is -3.72. The molecule has 0 fully saturated rings. The zero-order valence-electron chi connectivity index (χ0n) is 12.2. The minimum atomic E-state index is -3.72. The molecule has 2 aromatic rings. The Balaban J connectivity index is 1.74. The Morgan fingerprint density at radius 3 is 2.95 bits per heavy atom. The molecule has 22 heavy (non-hydrogen) atoms. The second-order valence-corrected chi connectivity index (χ2v) is 7.21. The maximum atomic E-state index is 13.6. The molecular weight excluding hydrogens is 307 g/mol. The third-order valence-electron chi connectivity index (χ3n) is 3.91. The number of rotatable bonds is 3. The van der Waals surface area contributed by atoms with Crippen LogP contribution in [0, 0.1) is 12.7 Å². The molecule has 0 saturated heterocycles. The van der Waals surface area contributed by atoms with Crippen LogP contribution >= 0.6 is 0 Å². The number of aryl methyl sites for hydroxylation is 3. The summed E-state index contributed by atoms with van der Waals surface area (Å²) in [4.78, 5) is -0.0424. The van der Waals surface area contributed by atoms with Gasteiger partial charge in [0.1, 0.15) is 18.0 Å². The van der Waals surface area contributed by atoms with Gasteiger partial charge in [-0.1, -0.05) is 6.07 Å². The standard InChI is InChI=1S/C14H17FN4O2S/c1-10-2-4-12(8-13(10)15)22(20,21)18-11-3-5-14-17-16-9-19(14)7-6-11/h2,4,8-9,11,18H,3,5-7H2,1H3. The molecule has 1 aromatic heterocycles. The number of fused-ring (bicyclic) bond motifs is 1. The molecule has 8 heteroatoms. The summed E-state index contributed by atoms with van der Waals surface area (Å²) in [6, 6.07) is 3.75. The number of halogens is 1. The Kier molecular flexibility index (Phi) is 3.96. The zero-order valence-corrected chi connectivity index (χ0v) is 13.0. The molecule has 1 aliphatic rings. The van der Waals surface area contributed by atoms with E-state index >= 15 is 0 Å². The Hall–Kier alpha value is -1.80. The van der Waals surface area contributed by atoms with E-state index in [9.17, 15) is 12.8 Å². The third kappa shape index (κ3) is 3.02. The number of sulfonamides is 1. The first kappa shape index (κ1) is 15.1. The lowest BCUT2D eigenvalue weighted by Crippen LogP contribution is -2.35. The van der Waals surface area contributed by atoms with Crippen molar-refractivity contribution in [1.29, 1.82) is 0 Å². The fourth-order valence-electron chi connectivity index (χ4n) is 2.55. The lowest BCUT2D eigenvalue weighted by molar-refractivity contribution is 0.496. The van der Waals surface area contributed by atoms with Crippen molar-refractivity contribution in [3.8, 4) is 0 Å². The van der Waals surface area contributed by atoms with Gasteiger partial charge in [0, 0.05) is 19.0 Å². The van der Waals surface area contributed by atoms with Crippen LogP contribution < -0.4 is 4.72 Å². The van der Waals surface area contributed by atoms with Gasteiger partial charge in [-0.05, 0) is 37.5 Å². The Bertz CT molecular complexity index is 765. The highest BCUT2D eigenvalue weighted by atomic mass is 32.2. The Morgan fingerprint density at radius 2 is 2.18 bits per heavy atom. The van der Waals surface area contributed by atoms with Gasteiger partial charge in [0.15, 0.2) is 0 Å². The van der Waals surface area contributed by atoms with Gasteiger partial charge in [-0.3, -0.25) is 0 Å². The van der Waals surface area contributed by atoms with Gasteiger partial charge in [0.05, 0.1) is 4.90 Å². The van der Waals surface area contributed by atoms with E-state index in [1.54, 1.807) is 13.3 Å². The zero-order chi connectivity index (χ0) is 15.7. The smallest absolute Gasteiger partial charge is 0.240 e. The van der Waals surface area contributed by atoms with Crippen molar-refractivity contribution in [3.63, 3.8) is 0 Å². The maximum absolute atomic E-state index is 13.6. The van der Waals surface area contributed by atoms with E-state index in [2.05, 4.69) is 14.9 Å². The predicted octanol–water partition coefficient (Wildman–Crippen LogP) is 1.41. The van der Waals surface area contributed by atoms with Crippen molar-refractivity contribution >= 4 is 10.0 Å². The van der Waals surface area contributed by atoms with Crippen LogP contribution in [0.2, 0.25) is 0 Å². The monoisotopic (exact) mass is 324 g/mol. The molecule has 1 aromatic carbocycles. The molecule has 3 rings (SSSR count). The molecule has 1 aliphatic heterocycles. The van der Waals surface area contributed by atoms with E-state index in [0.29, 0.717) is 31.4 Å². The fourth-order valence-corrected chi connectivity index (χ4v) is 3.86. The van der Waals surface area contributed by atoms with E-state index in [1.807, 2.05) is 4.57 Å². The maximum Gasteiger partial charge on any atom is 0.240 e. The van der Waals surface area contributed by atoms with Crippen molar-refractivity contribution in [2.75, 3.05) is 0 Å². The highest BCUT2D eigenvalue weighted by Gasteiger charge is 2.23. The Labute approximate surface area is 128 Å². The Morgan fingerprint density at radius 1 is 1.36 bits per heavy atom. The van der Waals surface area contributed by atoms with Crippen LogP contribution in [0.5, 0.6) is 0 Å². The lowest BCUT2D eigenvalue weighted by atomic mass is 10.1. The van der Waals surface area contributed by atoms with Gasteiger partial charge in [0.25, 0.3) is 0 Å². The molecule has 6 nitrogen and oxygen atoms in total. The summed E-state index contributed by atoms with van der Waals surface area (Å²) in [6.45, 7) is 2.26. The van der Waals surface area contributed by atoms with Crippen molar-refractivity contribution in [1.82, 2.24) is 19.5 Å². The largest absolute Gasteiger partial charge is 0.318 e. The number of hydrogen-bond donors (Lipinski definition) is 1. The quantitative estimate of drug-likeness (QED) is 0.926.